The molecule has 0 aliphatic heterocycles. The van der Waals surface area contributed by atoms with Gasteiger partial charge in [-0.1, -0.05) is 102 Å². The summed E-state index contributed by atoms with van der Waals surface area (Å²) in [5.41, 5.74) is 7.49. The van der Waals surface area contributed by atoms with Gasteiger partial charge in [-0.2, -0.15) is 0 Å². The summed E-state index contributed by atoms with van der Waals surface area (Å²) >= 11 is 1.64. The normalized spacial score (nSPS) is 11.7. The summed E-state index contributed by atoms with van der Waals surface area (Å²) in [5.74, 6) is 1.44. The second kappa shape index (κ2) is 12.7. The lowest BCUT2D eigenvalue weighted by molar-refractivity contribution is 0.247. The molecule has 1 aromatic heterocycles. The summed E-state index contributed by atoms with van der Waals surface area (Å²) in [6.45, 7) is 6.17. The molecule has 0 radical (unpaired) electrons. The van der Waals surface area contributed by atoms with E-state index in [0.29, 0.717) is 12.2 Å². The quantitative estimate of drug-likeness (QED) is 0.187. The van der Waals surface area contributed by atoms with E-state index in [-0.39, 0.29) is 6.03 Å². The number of carbonyl (C=O) groups excluding carboxylic acids is 1. The van der Waals surface area contributed by atoms with Crippen LogP contribution in [0.25, 0.3) is 5.69 Å². The summed E-state index contributed by atoms with van der Waals surface area (Å²) < 4.78 is 2.07. The molecule has 0 fully saturated rings. The van der Waals surface area contributed by atoms with E-state index in [1.807, 2.05) is 49.4 Å². The average molecular weight is 548 g/mol. The van der Waals surface area contributed by atoms with Gasteiger partial charge in [0, 0.05) is 23.5 Å². The van der Waals surface area contributed by atoms with E-state index < -0.39 is 6.04 Å². The predicted molar refractivity (Wildman–Crippen MR) is 163 cm³/mol. The first kappa shape index (κ1) is 27.2. The van der Waals surface area contributed by atoms with Crippen molar-refractivity contribution in [1.82, 2.24) is 20.1 Å². The van der Waals surface area contributed by atoms with Gasteiger partial charge in [0.25, 0.3) is 0 Å². The average Bonchev–Trinajstić information content (AvgIpc) is 3.36. The minimum absolute atomic E-state index is 0.293. The maximum absolute atomic E-state index is 13.3. The minimum atomic E-state index is -0.422. The van der Waals surface area contributed by atoms with Crippen molar-refractivity contribution >= 4 is 23.5 Å². The Kier molecular flexibility index (Phi) is 8.62. The van der Waals surface area contributed by atoms with Gasteiger partial charge in [0.2, 0.25) is 0 Å². The number of anilines is 1. The Labute approximate surface area is 239 Å². The number of carbonyl (C=O) groups is 1. The molecule has 1 unspecified atom stereocenters. The van der Waals surface area contributed by atoms with Crippen LogP contribution in [-0.2, 0) is 12.2 Å². The summed E-state index contributed by atoms with van der Waals surface area (Å²) in [6, 6.07) is 34.0. The van der Waals surface area contributed by atoms with E-state index in [4.69, 9.17) is 0 Å². The fraction of sp³-hybridized carbons (Fsp3) is 0.182. The summed E-state index contributed by atoms with van der Waals surface area (Å²) in [6.07, 6.45) is 0.564. The molecule has 40 heavy (non-hydrogen) atoms. The molecule has 202 valence electrons. The monoisotopic (exact) mass is 547 g/mol. The lowest BCUT2D eigenvalue weighted by Gasteiger charge is -2.21. The van der Waals surface area contributed by atoms with Gasteiger partial charge < -0.3 is 10.6 Å². The number of rotatable bonds is 9. The van der Waals surface area contributed by atoms with E-state index in [1.165, 1.54) is 16.7 Å². The number of amides is 2. The third kappa shape index (κ3) is 6.98. The van der Waals surface area contributed by atoms with Crippen molar-refractivity contribution in [2.45, 2.75) is 44.1 Å². The number of benzene rings is 4. The van der Waals surface area contributed by atoms with Crippen LogP contribution in [0.5, 0.6) is 0 Å². The van der Waals surface area contributed by atoms with E-state index >= 15 is 0 Å². The van der Waals surface area contributed by atoms with Crippen LogP contribution in [0.4, 0.5) is 10.5 Å². The van der Waals surface area contributed by atoms with Gasteiger partial charge in [0.15, 0.2) is 11.0 Å². The van der Waals surface area contributed by atoms with Crippen molar-refractivity contribution in [1.29, 1.82) is 0 Å². The highest BCUT2D eigenvalue weighted by Gasteiger charge is 2.25. The fourth-order valence-electron chi connectivity index (χ4n) is 4.59. The molecule has 5 rings (SSSR count). The second-order valence-electron chi connectivity index (χ2n) is 10.00. The first-order valence-corrected chi connectivity index (χ1v) is 14.3. The number of urea groups is 1. The van der Waals surface area contributed by atoms with Crippen LogP contribution < -0.4 is 10.6 Å². The van der Waals surface area contributed by atoms with Gasteiger partial charge >= 0.3 is 6.03 Å². The second-order valence-corrected chi connectivity index (χ2v) is 10.9. The van der Waals surface area contributed by atoms with Gasteiger partial charge in [-0.05, 0) is 61.7 Å². The van der Waals surface area contributed by atoms with Crippen molar-refractivity contribution in [3.05, 3.63) is 137 Å². The molecule has 7 heteroatoms. The molecule has 0 spiro atoms. The molecular formula is C33H33N5OS. The van der Waals surface area contributed by atoms with Gasteiger partial charge in [0.1, 0.15) is 0 Å². The number of nitrogens with zero attached hydrogens (tertiary/aromatic N) is 3. The highest BCUT2D eigenvalue weighted by atomic mass is 32.2. The molecule has 1 heterocycles. The lowest BCUT2D eigenvalue weighted by atomic mass is 10.1. The first-order chi connectivity index (χ1) is 19.4. The van der Waals surface area contributed by atoms with Gasteiger partial charge in [0.05, 0.1) is 6.04 Å². The Morgan fingerprint density at radius 1 is 0.775 bits per heavy atom. The lowest BCUT2D eigenvalue weighted by Crippen LogP contribution is -2.35. The molecule has 2 N–H and O–H groups in total. The van der Waals surface area contributed by atoms with Crippen molar-refractivity contribution in [3.63, 3.8) is 0 Å². The predicted octanol–water partition coefficient (Wildman–Crippen LogP) is 7.59. The van der Waals surface area contributed by atoms with Crippen LogP contribution in [0.2, 0.25) is 0 Å². The van der Waals surface area contributed by atoms with Crippen LogP contribution in [0, 0.1) is 20.8 Å². The SMILES string of the molecule is Cc1ccc(-n2c(SCc3cccc(C)c3)nnc2C(Cc2ccccc2)NC(=O)Nc2cccc(C)c2)cc1. The Bertz CT molecular complexity index is 1580. The van der Waals surface area contributed by atoms with Crippen molar-refractivity contribution in [2.24, 2.45) is 0 Å². The van der Waals surface area contributed by atoms with E-state index in [9.17, 15) is 4.79 Å². The summed E-state index contributed by atoms with van der Waals surface area (Å²) in [4.78, 5) is 13.3. The Morgan fingerprint density at radius 2 is 1.48 bits per heavy atom. The van der Waals surface area contributed by atoms with Crippen LogP contribution >= 0.6 is 11.8 Å². The van der Waals surface area contributed by atoms with Crippen molar-refractivity contribution in [2.75, 3.05) is 5.32 Å². The van der Waals surface area contributed by atoms with Gasteiger partial charge in [-0.15, -0.1) is 10.2 Å². The zero-order valence-corrected chi connectivity index (χ0v) is 23.8. The molecular weight excluding hydrogens is 514 g/mol. The molecule has 4 aromatic carbocycles. The highest BCUT2D eigenvalue weighted by Crippen LogP contribution is 2.29. The molecule has 0 saturated carbocycles. The van der Waals surface area contributed by atoms with Crippen LogP contribution in [0.3, 0.4) is 0 Å². The largest absolute Gasteiger partial charge is 0.327 e. The number of aryl methyl sites for hydroxylation is 3. The number of thioether (sulfide) groups is 1. The number of nitrogens with one attached hydrogen (secondary N) is 2. The zero-order valence-electron chi connectivity index (χ0n) is 23.0. The maximum Gasteiger partial charge on any atom is 0.319 e. The van der Waals surface area contributed by atoms with Crippen molar-refractivity contribution in [3.8, 4) is 5.69 Å². The smallest absolute Gasteiger partial charge is 0.319 e. The molecule has 6 nitrogen and oxygen atoms in total. The van der Waals surface area contributed by atoms with Gasteiger partial charge in [-0.25, -0.2) is 4.79 Å². The Morgan fingerprint density at radius 3 is 2.20 bits per heavy atom. The minimum Gasteiger partial charge on any atom is -0.327 e. The Balaban J connectivity index is 1.50. The highest BCUT2D eigenvalue weighted by molar-refractivity contribution is 7.98. The van der Waals surface area contributed by atoms with E-state index in [2.05, 4.69) is 99.9 Å². The van der Waals surface area contributed by atoms with E-state index in [1.54, 1.807) is 11.8 Å². The van der Waals surface area contributed by atoms with Gasteiger partial charge in [-0.3, -0.25) is 4.57 Å². The van der Waals surface area contributed by atoms with E-state index in [0.717, 1.165) is 33.4 Å². The third-order valence-corrected chi connectivity index (χ3v) is 7.58. The van der Waals surface area contributed by atoms with Crippen LogP contribution in [0.1, 0.15) is 39.7 Å². The molecule has 0 saturated heterocycles. The molecule has 0 aliphatic carbocycles. The summed E-state index contributed by atoms with van der Waals surface area (Å²) in [5, 5.41) is 16.2. The van der Waals surface area contributed by atoms with Crippen LogP contribution in [0.15, 0.2) is 108 Å². The molecule has 0 aliphatic rings. The molecule has 2 amide bonds. The van der Waals surface area contributed by atoms with Crippen molar-refractivity contribution < 1.29 is 4.79 Å². The first-order valence-electron chi connectivity index (χ1n) is 13.3. The standard InChI is InChI=1S/C33H33N5OS/c1-23-15-17-29(18-16-23)38-31(36-37-33(38)40-22-27-13-7-9-24(2)19-27)30(21-26-11-5-4-6-12-26)35-32(39)34-28-14-8-10-25(3)20-28/h4-20,30H,21-22H2,1-3H3,(H2,34,35,39). The number of hydrogen-bond acceptors (Lipinski definition) is 4. The topological polar surface area (TPSA) is 71.8 Å². The zero-order chi connectivity index (χ0) is 27.9. The molecule has 0 bridgehead atoms. The van der Waals surface area contributed by atoms with Crippen LogP contribution in [-0.4, -0.2) is 20.8 Å². The third-order valence-electron chi connectivity index (χ3n) is 6.58. The Hall–Kier alpha value is -4.36. The number of aromatic nitrogens is 3. The molecule has 1 atom stereocenters. The fourth-order valence-corrected chi connectivity index (χ4v) is 5.49. The summed E-state index contributed by atoms with van der Waals surface area (Å²) in [7, 11) is 0. The maximum atomic E-state index is 13.3. The number of hydrogen-bond donors (Lipinski definition) is 2. The molecule has 5 aromatic rings.